The summed E-state index contributed by atoms with van der Waals surface area (Å²) in [6.07, 6.45) is 1.66. The van der Waals surface area contributed by atoms with Gasteiger partial charge in [-0.25, -0.2) is 9.37 Å². The first-order chi connectivity index (χ1) is 7.68. The highest BCUT2D eigenvalue weighted by Gasteiger charge is 2.12. The SMILES string of the molecule is CC(c1ccc(F)cc1)c1cccnc1Cl. The van der Waals surface area contributed by atoms with Crippen molar-refractivity contribution >= 4 is 11.6 Å². The molecule has 0 spiro atoms. The Balaban J connectivity index is 2.35. The number of aromatic nitrogens is 1. The zero-order valence-corrected chi connectivity index (χ0v) is 9.58. The fraction of sp³-hybridized carbons (Fsp3) is 0.154. The van der Waals surface area contributed by atoms with Gasteiger partial charge in [0.05, 0.1) is 0 Å². The Bertz CT molecular complexity index is 482. The molecule has 3 heteroatoms. The Morgan fingerprint density at radius 2 is 1.88 bits per heavy atom. The molecule has 1 heterocycles. The van der Waals surface area contributed by atoms with E-state index < -0.39 is 0 Å². The maximum Gasteiger partial charge on any atom is 0.132 e. The third-order valence-corrected chi connectivity index (χ3v) is 2.94. The van der Waals surface area contributed by atoms with E-state index in [2.05, 4.69) is 4.98 Å². The van der Waals surface area contributed by atoms with E-state index in [0.717, 1.165) is 11.1 Å². The summed E-state index contributed by atoms with van der Waals surface area (Å²) in [5.74, 6) is -0.116. The van der Waals surface area contributed by atoms with Crippen molar-refractivity contribution in [1.29, 1.82) is 0 Å². The lowest BCUT2D eigenvalue weighted by Gasteiger charge is -2.13. The van der Waals surface area contributed by atoms with Crippen molar-refractivity contribution < 1.29 is 4.39 Å². The summed E-state index contributed by atoms with van der Waals surface area (Å²) in [6, 6.07) is 10.2. The number of rotatable bonds is 2. The molecule has 0 aliphatic carbocycles. The summed E-state index contributed by atoms with van der Waals surface area (Å²) in [6.45, 7) is 2.02. The molecule has 0 amide bonds. The molecule has 1 aromatic heterocycles. The van der Waals surface area contributed by atoms with Gasteiger partial charge >= 0.3 is 0 Å². The third kappa shape index (κ3) is 2.22. The van der Waals surface area contributed by atoms with Crippen molar-refractivity contribution in [2.45, 2.75) is 12.8 Å². The first-order valence-electron chi connectivity index (χ1n) is 5.04. The van der Waals surface area contributed by atoms with Gasteiger partial charge in [-0.2, -0.15) is 0 Å². The molecule has 0 aliphatic heterocycles. The molecule has 0 radical (unpaired) electrons. The van der Waals surface area contributed by atoms with Crippen LogP contribution >= 0.6 is 11.6 Å². The molecule has 0 aliphatic rings. The van der Waals surface area contributed by atoms with Gasteiger partial charge in [0.2, 0.25) is 0 Å². The lowest BCUT2D eigenvalue weighted by atomic mass is 9.94. The molecule has 2 rings (SSSR count). The van der Waals surface area contributed by atoms with Crippen LogP contribution in [0.2, 0.25) is 5.15 Å². The molecule has 1 nitrogen and oxygen atoms in total. The quantitative estimate of drug-likeness (QED) is 0.717. The van der Waals surface area contributed by atoms with E-state index in [9.17, 15) is 4.39 Å². The van der Waals surface area contributed by atoms with Crippen molar-refractivity contribution in [3.05, 3.63) is 64.7 Å². The van der Waals surface area contributed by atoms with Crippen LogP contribution in [-0.2, 0) is 0 Å². The minimum Gasteiger partial charge on any atom is -0.244 e. The zero-order chi connectivity index (χ0) is 11.5. The predicted octanol–water partition coefficient (Wildman–Crippen LogP) is 4.03. The highest BCUT2D eigenvalue weighted by Crippen LogP contribution is 2.28. The Morgan fingerprint density at radius 3 is 2.50 bits per heavy atom. The standard InChI is InChI=1S/C13H11ClFN/c1-9(10-4-6-11(15)7-5-10)12-3-2-8-16-13(12)14/h2-9H,1H3. The topological polar surface area (TPSA) is 12.9 Å². The van der Waals surface area contributed by atoms with Gasteiger partial charge in [-0.05, 0) is 29.3 Å². The number of hydrogen-bond acceptors (Lipinski definition) is 1. The molecule has 1 aromatic carbocycles. The maximum atomic E-state index is 12.8. The molecule has 0 fully saturated rings. The molecule has 0 saturated heterocycles. The lowest BCUT2D eigenvalue weighted by molar-refractivity contribution is 0.626. The number of pyridine rings is 1. The molecular formula is C13H11ClFN. The largest absolute Gasteiger partial charge is 0.244 e. The van der Waals surface area contributed by atoms with Crippen LogP contribution in [0, 0.1) is 5.82 Å². The summed E-state index contributed by atoms with van der Waals surface area (Å²) in [4.78, 5) is 4.03. The van der Waals surface area contributed by atoms with E-state index in [0.29, 0.717) is 5.15 Å². The minimum absolute atomic E-state index is 0.113. The van der Waals surface area contributed by atoms with Crippen molar-refractivity contribution in [2.75, 3.05) is 0 Å². The van der Waals surface area contributed by atoms with Crippen LogP contribution in [-0.4, -0.2) is 4.98 Å². The summed E-state index contributed by atoms with van der Waals surface area (Å²) >= 11 is 6.02. The molecule has 16 heavy (non-hydrogen) atoms. The van der Waals surface area contributed by atoms with Crippen LogP contribution in [0.3, 0.4) is 0 Å². The van der Waals surface area contributed by atoms with Crippen LogP contribution in [0.4, 0.5) is 4.39 Å². The third-order valence-electron chi connectivity index (χ3n) is 2.62. The number of benzene rings is 1. The maximum absolute atomic E-state index is 12.8. The lowest BCUT2D eigenvalue weighted by Crippen LogP contribution is -1.98. The van der Waals surface area contributed by atoms with Crippen molar-refractivity contribution in [3.63, 3.8) is 0 Å². The Labute approximate surface area is 98.9 Å². The first kappa shape index (κ1) is 11.1. The Hall–Kier alpha value is -1.41. The van der Waals surface area contributed by atoms with Crippen molar-refractivity contribution in [2.24, 2.45) is 0 Å². The van der Waals surface area contributed by atoms with Crippen LogP contribution in [0.1, 0.15) is 24.0 Å². The van der Waals surface area contributed by atoms with Gasteiger partial charge in [0.25, 0.3) is 0 Å². The van der Waals surface area contributed by atoms with Gasteiger partial charge in [0, 0.05) is 12.1 Å². The minimum atomic E-state index is -0.228. The monoisotopic (exact) mass is 235 g/mol. The second kappa shape index (κ2) is 4.62. The van der Waals surface area contributed by atoms with Crippen molar-refractivity contribution in [3.8, 4) is 0 Å². The van der Waals surface area contributed by atoms with Gasteiger partial charge in [-0.15, -0.1) is 0 Å². The van der Waals surface area contributed by atoms with Crippen LogP contribution in [0.15, 0.2) is 42.6 Å². The Morgan fingerprint density at radius 1 is 1.19 bits per heavy atom. The van der Waals surface area contributed by atoms with E-state index in [1.54, 1.807) is 18.3 Å². The molecule has 0 N–H and O–H groups in total. The molecular weight excluding hydrogens is 225 g/mol. The zero-order valence-electron chi connectivity index (χ0n) is 8.82. The van der Waals surface area contributed by atoms with E-state index >= 15 is 0 Å². The van der Waals surface area contributed by atoms with Crippen molar-refractivity contribution in [1.82, 2.24) is 4.98 Å². The fourth-order valence-electron chi connectivity index (χ4n) is 1.65. The van der Waals surface area contributed by atoms with E-state index in [4.69, 9.17) is 11.6 Å². The smallest absolute Gasteiger partial charge is 0.132 e. The van der Waals surface area contributed by atoms with E-state index in [1.165, 1.54) is 12.1 Å². The number of nitrogens with zero attached hydrogens (tertiary/aromatic N) is 1. The summed E-state index contributed by atoms with van der Waals surface area (Å²) < 4.78 is 12.8. The highest BCUT2D eigenvalue weighted by atomic mass is 35.5. The molecule has 0 saturated carbocycles. The number of hydrogen-bond donors (Lipinski definition) is 0. The van der Waals surface area contributed by atoms with Gasteiger partial charge < -0.3 is 0 Å². The second-order valence-corrected chi connectivity index (χ2v) is 4.01. The van der Waals surface area contributed by atoms with Crippen LogP contribution in [0.5, 0.6) is 0 Å². The molecule has 0 bridgehead atoms. The fourth-order valence-corrected chi connectivity index (χ4v) is 1.94. The second-order valence-electron chi connectivity index (χ2n) is 3.66. The van der Waals surface area contributed by atoms with Gasteiger partial charge in [-0.3, -0.25) is 0 Å². The van der Waals surface area contributed by atoms with Gasteiger partial charge in [0.15, 0.2) is 0 Å². The highest BCUT2D eigenvalue weighted by molar-refractivity contribution is 6.30. The molecule has 1 atom stereocenters. The van der Waals surface area contributed by atoms with E-state index in [1.807, 2.05) is 19.1 Å². The average Bonchev–Trinajstić information content (AvgIpc) is 2.30. The molecule has 2 aromatic rings. The predicted molar refractivity (Wildman–Crippen MR) is 63.2 cm³/mol. The van der Waals surface area contributed by atoms with Gasteiger partial charge in [0.1, 0.15) is 11.0 Å². The van der Waals surface area contributed by atoms with E-state index in [-0.39, 0.29) is 11.7 Å². The molecule has 82 valence electrons. The summed E-state index contributed by atoms with van der Waals surface area (Å²) in [5.41, 5.74) is 1.98. The van der Waals surface area contributed by atoms with Crippen LogP contribution < -0.4 is 0 Å². The summed E-state index contributed by atoms with van der Waals surface area (Å²) in [7, 11) is 0. The summed E-state index contributed by atoms with van der Waals surface area (Å²) in [5, 5.41) is 0.499. The van der Waals surface area contributed by atoms with Crippen LogP contribution in [0.25, 0.3) is 0 Å². The molecule has 1 unspecified atom stereocenters. The Kier molecular flexibility index (Phi) is 3.20. The normalized spacial score (nSPS) is 12.4. The average molecular weight is 236 g/mol. The first-order valence-corrected chi connectivity index (χ1v) is 5.42. The van der Waals surface area contributed by atoms with Gasteiger partial charge in [-0.1, -0.05) is 36.7 Å². The number of halogens is 2.